The lowest BCUT2D eigenvalue weighted by molar-refractivity contribution is -0.113. The molecule has 1 aromatic rings. The molecule has 0 atom stereocenters. The van der Waals surface area contributed by atoms with Gasteiger partial charge in [0.05, 0.1) is 11.4 Å². The van der Waals surface area contributed by atoms with Crippen LogP contribution in [0.25, 0.3) is 0 Å². The van der Waals surface area contributed by atoms with Crippen LogP contribution in [-0.4, -0.2) is 9.58 Å². The maximum atomic E-state index is 11.2. The van der Waals surface area contributed by atoms with E-state index >= 15 is 0 Å². The van der Waals surface area contributed by atoms with Crippen molar-refractivity contribution in [1.29, 1.82) is 0 Å². The molecule has 0 unspecified atom stereocenters. The molecule has 0 saturated carbocycles. The first-order chi connectivity index (χ1) is 7.41. The van der Waals surface area contributed by atoms with Gasteiger partial charge in [-0.25, -0.2) is 0 Å². The Balaban J connectivity index is 2.62. The fourth-order valence-corrected chi connectivity index (χ4v) is 1.12. The Morgan fingerprint density at radius 1 is 1.31 bits per heavy atom. The number of nitrogen functional groups attached to an aromatic ring is 1. The highest BCUT2D eigenvalue weighted by Gasteiger charge is 2.27. The Morgan fingerprint density at radius 2 is 1.94 bits per heavy atom. The normalized spacial score (nSPS) is 11.7. The molecule has 0 bridgehead atoms. The molecular formula is C10H9Cl3N2O. The Bertz CT molecular complexity index is 413. The van der Waals surface area contributed by atoms with E-state index in [0.29, 0.717) is 11.4 Å². The zero-order valence-corrected chi connectivity index (χ0v) is 10.4. The second-order valence-electron chi connectivity index (χ2n) is 2.93. The van der Waals surface area contributed by atoms with E-state index < -0.39 is 9.58 Å². The summed E-state index contributed by atoms with van der Waals surface area (Å²) in [6.07, 6.45) is 2.51. The highest BCUT2D eigenvalue weighted by molar-refractivity contribution is 6.77. The number of benzene rings is 1. The van der Waals surface area contributed by atoms with E-state index in [2.05, 4.69) is 5.32 Å². The molecule has 3 nitrogen and oxygen atoms in total. The quantitative estimate of drug-likeness (QED) is 0.508. The second kappa shape index (κ2) is 5.43. The number of hydrogen-bond donors (Lipinski definition) is 2. The van der Waals surface area contributed by atoms with Crippen LogP contribution in [0.5, 0.6) is 0 Å². The molecule has 0 aliphatic carbocycles. The SMILES string of the molecule is Nc1ccccc1N/C=C\C(=O)C(Cl)(Cl)Cl. The molecule has 0 saturated heterocycles. The van der Waals surface area contributed by atoms with Gasteiger partial charge in [-0.1, -0.05) is 46.9 Å². The van der Waals surface area contributed by atoms with Gasteiger partial charge in [-0.15, -0.1) is 0 Å². The first-order valence-electron chi connectivity index (χ1n) is 4.30. The molecule has 1 aromatic carbocycles. The number of hydrogen-bond acceptors (Lipinski definition) is 3. The average molecular weight is 280 g/mol. The Labute approximate surface area is 108 Å². The highest BCUT2D eigenvalue weighted by atomic mass is 35.6. The number of ketones is 1. The van der Waals surface area contributed by atoms with Crippen molar-refractivity contribution < 1.29 is 4.79 Å². The number of nitrogens with two attached hydrogens (primary N) is 1. The van der Waals surface area contributed by atoms with Gasteiger partial charge in [-0.2, -0.15) is 0 Å². The number of halogens is 3. The van der Waals surface area contributed by atoms with Gasteiger partial charge < -0.3 is 11.1 Å². The smallest absolute Gasteiger partial charge is 0.252 e. The van der Waals surface area contributed by atoms with Crippen LogP contribution >= 0.6 is 34.8 Å². The maximum Gasteiger partial charge on any atom is 0.252 e. The molecule has 86 valence electrons. The lowest BCUT2D eigenvalue weighted by Gasteiger charge is -2.06. The number of rotatable bonds is 3. The molecule has 3 N–H and O–H groups in total. The van der Waals surface area contributed by atoms with Gasteiger partial charge in [0, 0.05) is 12.3 Å². The van der Waals surface area contributed by atoms with Crippen molar-refractivity contribution in [3.8, 4) is 0 Å². The van der Waals surface area contributed by atoms with E-state index in [1.165, 1.54) is 6.20 Å². The van der Waals surface area contributed by atoms with Gasteiger partial charge in [0.2, 0.25) is 5.78 Å². The Kier molecular flexibility index (Phi) is 4.47. The number of allylic oxidation sites excluding steroid dienone is 1. The largest absolute Gasteiger partial charge is 0.397 e. The summed E-state index contributed by atoms with van der Waals surface area (Å²) in [5.74, 6) is -0.625. The van der Waals surface area contributed by atoms with E-state index in [9.17, 15) is 4.79 Å². The summed E-state index contributed by atoms with van der Waals surface area (Å²) in [5, 5.41) is 2.81. The van der Waals surface area contributed by atoms with Gasteiger partial charge in [0.15, 0.2) is 0 Å². The van der Waals surface area contributed by atoms with Crippen LogP contribution in [0.15, 0.2) is 36.5 Å². The van der Waals surface area contributed by atoms with Crippen molar-refractivity contribution in [3.63, 3.8) is 0 Å². The summed E-state index contributed by atoms with van der Waals surface area (Å²) >= 11 is 16.1. The molecule has 16 heavy (non-hydrogen) atoms. The number of alkyl halides is 3. The van der Waals surface area contributed by atoms with Crippen molar-refractivity contribution in [1.82, 2.24) is 0 Å². The van der Waals surface area contributed by atoms with Gasteiger partial charge in [-0.3, -0.25) is 4.79 Å². The third-order valence-corrected chi connectivity index (χ3v) is 2.27. The number of nitrogens with one attached hydrogen (secondary N) is 1. The molecule has 0 aliphatic rings. The number of carbonyl (C=O) groups excluding carboxylic acids is 1. The van der Waals surface area contributed by atoms with Crippen molar-refractivity contribution >= 4 is 52.0 Å². The molecule has 0 aromatic heterocycles. The molecule has 0 aliphatic heterocycles. The first-order valence-corrected chi connectivity index (χ1v) is 5.43. The summed E-state index contributed by atoms with van der Waals surface area (Å²) in [6, 6.07) is 7.10. The fourth-order valence-electron chi connectivity index (χ4n) is 0.930. The first kappa shape index (κ1) is 13.2. The predicted octanol–water partition coefficient (Wildman–Crippen LogP) is 3.13. The third kappa shape index (κ3) is 3.93. The minimum Gasteiger partial charge on any atom is -0.397 e. The van der Waals surface area contributed by atoms with E-state index in [4.69, 9.17) is 40.5 Å². The molecule has 0 heterocycles. The van der Waals surface area contributed by atoms with Crippen LogP contribution in [0.2, 0.25) is 0 Å². The zero-order valence-electron chi connectivity index (χ0n) is 8.08. The standard InChI is InChI=1S/C10H9Cl3N2O/c11-10(12,13)9(16)5-6-15-8-4-2-1-3-7(8)14/h1-6,15H,14H2/b6-5-. The predicted molar refractivity (Wildman–Crippen MR) is 68.9 cm³/mol. The average Bonchev–Trinajstić information content (AvgIpc) is 2.19. The Hall–Kier alpha value is -0.900. The summed E-state index contributed by atoms with van der Waals surface area (Å²) in [5.41, 5.74) is 6.90. The van der Waals surface area contributed by atoms with Gasteiger partial charge in [0.1, 0.15) is 0 Å². The number of anilines is 2. The lowest BCUT2D eigenvalue weighted by Crippen LogP contribution is -2.15. The van der Waals surface area contributed by atoms with Gasteiger partial charge >= 0.3 is 0 Å². The molecule has 0 spiro atoms. The molecule has 0 fully saturated rings. The van der Waals surface area contributed by atoms with E-state index in [-0.39, 0.29) is 0 Å². The summed E-state index contributed by atoms with van der Waals surface area (Å²) < 4.78 is -1.93. The van der Waals surface area contributed by atoms with Crippen LogP contribution < -0.4 is 11.1 Å². The molecular weight excluding hydrogens is 270 g/mol. The summed E-state index contributed by atoms with van der Waals surface area (Å²) in [4.78, 5) is 11.2. The monoisotopic (exact) mass is 278 g/mol. The molecule has 0 amide bonds. The minimum atomic E-state index is -1.93. The Morgan fingerprint density at radius 3 is 2.50 bits per heavy atom. The second-order valence-corrected chi connectivity index (χ2v) is 5.21. The minimum absolute atomic E-state index is 0.563. The zero-order chi connectivity index (χ0) is 12.2. The van der Waals surface area contributed by atoms with Crippen molar-refractivity contribution in [2.75, 3.05) is 11.1 Å². The molecule has 6 heteroatoms. The van der Waals surface area contributed by atoms with Crippen LogP contribution in [0.1, 0.15) is 0 Å². The lowest BCUT2D eigenvalue weighted by atomic mass is 10.3. The molecule has 0 radical (unpaired) electrons. The summed E-state index contributed by atoms with van der Waals surface area (Å²) in [6.45, 7) is 0. The summed E-state index contributed by atoms with van der Waals surface area (Å²) in [7, 11) is 0. The van der Waals surface area contributed by atoms with Gasteiger partial charge in [-0.05, 0) is 12.1 Å². The highest BCUT2D eigenvalue weighted by Crippen LogP contribution is 2.27. The molecule has 1 rings (SSSR count). The van der Waals surface area contributed by atoms with Crippen molar-refractivity contribution in [3.05, 3.63) is 36.5 Å². The van der Waals surface area contributed by atoms with E-state index in [1.807, 2.05) is 6.07 Å². The van der Waals surface area contributed by atoms with E-state index in [1.54, 1.807) is 18.2 Å². The van der Waals surface area contributed by atoms with E-state index in [0.717, 1.165) is 6.08 Å². The maximum absolute atomic E-state index is 11.2. The third-order valence-electron chi connectivity index (χ3n) is 1.71. The van der Waals surface area contributed by atoms with Crippen LogP contribution in [0, 0.1) is 0 Å². The van der Waals surface area contributed by atoms with Crippen LogP contribution in [0.3, 0.4) is 0 Å². The number of carbonyl (C=O) groups is 1. The van der Waals surface area contributed by atoms with Crippen molar-refractivity contribution in [2.24, 2.45) is 0 Å². The van der Waals surface area contributed by atoms with Gasteiger partial charge in [0.25, 0.3) is 3.79 Å². The topological polar surface area (TPSA) is 55.1 Å². The van der Waals surface area contributed by atoms with Crippen molar-refractivity contribution in [2.45, 2.75) is 3.79 Å². The fraction of sp³-hybridized carbons (Fsp3) is 0.100. The van der Waals surface area contributed by atoms with Crippen LogP contribution in [0.4, 0.5) is 11.4 Å². The number of para-hydroxylation sites is 2. The van der Waals surface area contributed by atoms with Crippen LogP contribution in [-0.2, 0) is 4.79 Å².